The third-order valence-electron chi connectivity index (χ3n) is 5.54. The Kier molecular flexibility index (Phi) is 6.97. The van der Waals surface area contributed by atoms with Crippen LogP contribution in [0.1, 0.15) is 55.4 Å². The van der Waals surface area contributed by atoms with E-state index in [4.69, 9.17) is 9.47 Å². The number of aryl methyl sites for hydroxylation is 1. The largest absolute Gasteiger partial charge is 0.496 e. The summed E-state index contributed by atoms with van der Waals surface area (Å²) >= 11 is 0.882. The highest BCUT2D eigenvalue weighted by Crippen LogP contribution is 2.29. The van der Waals surface area contributed by atoms with Crippen molar-refractivity contribution in [3.05, 3.63) is 60.9 Å². The summed E-state index contributed by atoms with van der Waals surface area (Å²) in [5.41, 5.74) is -4.16. The van der Waals surface area contributed by atoms with E-state index >= 15 is 0 Å². The quantitative estimate of drug-likeness (QED) is 0.364. The smallest absolute Gasteiger partial charge is 0.333 e. The molecule has 0 aliphatic carbocycles. The number of carbonyl (C=O) groups is 2. The van der Waals surface area contributed by atoms with E-state index in [1.807, 2.05) is 6.07 Å². The van der Waals surface area contributed by atoms with Crippen molar-refractivity contribution >= 4 is 33.3 Å². The van der Waals surface area contributed by atoms with Gasteiger partial charge in [0.25, 0.3) is 5.56 Å². The molecule has 190 valence electrons. The second kappa shape index (κ2) is 9.35. The first-order chi connectivity index (χ1) is 16.6. The van der Waals surface area contributed by atoms with Gasteiger partial charge >= 0.3 is 11.7 Å². The van der Waals surface area contributed by atoms with Crippen molar-refractivity contribution in [3.63, 3.8) is 0 Å². The van der Waals surface area contributed by atoms with Crippen molar-refractivity contribution in [1.29, 1.82) is 5.26 Å². The normalized spacial score (nSPS) is 11.9. The Morgan fingerprint density at radius 2 is 1.81 bits per heavy atom. The number of ether oxygens (including phenoxy) is 2. The molecule has 0 unspecified atom stereocenters. The number of carbonyl (C=O) groups excluding carboxylic acids is 2. The van der Waals surface area contributed by atoms with Gasteiger partial charge in [-0.05, 0) is 65.3 Å². The van der Waals surface area contributed by atoms with E-state index < -0.39 is 46.5 Å². The lowest BCUT2D eigenvalue weighted by Gasteiger charge is -2.30. The zero-order chi connectivity index (χ0) is 27.2. The molecule has 0 aliphatic heterocycles. The average molecular weight is 516 g/mol. The SMILES string of the molecule is COc1ccc(F)cc1C(=O)Cn1c(=O)n(C(C)(C)C(=O)OC(C)(C)C)c(=O)c2c(C)c(C#N)sc21. The highest BCUT2D eigenvalue weighted by atomic mass is 32.1. The Bertz CT molecular complexity index is 1550. The van der Waals surface area contributed by atoms with E-state index in [1.165, 1.54) is 27.0 Å². The van der Waals surface area contributed by atoms with Gasteiger partial charge in [-0.25, -0.2) is 18.5 Å². The summed E-state index contributed by atoms with van der Waals surface area (Å²) in [5.74, 6) is -2.06. The Morgan fingerprint density at radius 1 is 1.17 bits per heavy atom. The molecule has 36 heavy (non-hydrogen) atoms. The maximum absolute atomic E-state index is 13.9. The fourth-order valence-electron chi connectivity index (χ4n) is 3.71. The molecule has 0 radical (unpaired) electrons. The van der Waals surface area contributed by atoms with Gasteiger partial charge in [-0.2, -0.15) is 5.26 Å². The lowest BCUT2D eigenvalue weighted by Crippen LogP contribution is -2.54. The zero-order valence-corrected chi connectivity index (χ0v) is 21.8. The Labute approximate surface area is 210 Å². The second-order valence-corrected chi connectivity index (χ2v) is 10.7. The number of aromatic nitrogens is 2. The van der Waals surface area contributed by atoms with Crippen molar-refractivity contribution < 1.29 is 23.5 Å². The predicted octanol–water partition coefficient (Wildman–Crippen LogP) is 3.51. The fraction of sp³-hybridized carbons (Fsp3) is 0.400. The number of methoxy groups -OCH3 is 1. The summed E-state index contributed by atoms with van der Waals surface area (Å²) in [6, 6.07) is 5.40. The van der Waals surface area contributed by atoms with E-state index in [1.54, 1.807) is 27.7 Å². The van der Waals surface area contributed by atoms with Crippen LogP contribution in [0, 0.1) is 24.1 Å². The molecule has 0 atom stereocenters. The minimum atomic E-state index is -1.75. The van der Waals surface area contributed by atoms with Crippen LogP contribution in [0.3, 0.4) is 0 Å². The molecule has 0 amide bonds. The van der Waals surface area contributed by atoms with Gasteiger partial charge in [-0.15, -0.1) is 11.3 Å². The summed E-state index contributed by atoms with van der Waals surface area (Å²) in [7, 11) is 1.32. The van der Waals surface area contributed by atoms with Crippen molar-refractivity contribution in [2.75, 3.05) is 7.11 Å². The lowest BCUT2D eigenvalue weighted by molar-refractivity contribution is -0.164. The number of nitrogens with zero attached hydrogens (tertiary/aromatic N) is 3. The maximum atomic E-state index is 13.9. The standard InChI is InChI=1S/C25H26FN3O6S/c1-13-18(11-27)36-21-19(13)20(31)29(25(5,6)22(32)35-24(2,3)4)23(33)28(21)12-16(30)15-10-14(26)8-9-17(15)34-7/h8-10H,12H2,1-7H3. The molecule has 3 aromatic rings. The van der Waals surface area contributed by atoms with Crippen LogP contribution in [-0.4, -0.2) is 33.6 Å². The first-order valence-corrected chi connectivity index (χ1v) is 11.8. The molecule has 2 aromatic heterocycles. The van der Waals surface area contributed by atoms with Gasteiger partial charge in [0.1, 0.15) is 38.5 Å². The minimum absolute atomic E-state index is 0.0341. The molecule has 0 fully saturated rings. The van der Waals surface area contributed by atoms with E-state index in [0.29, 0.717) is 5.56 Å². The van der Waals surface area contributed by atoms with E-state index in [9.17, 15) is 28.8 Å². The third-order valence-corrected chi connectivity index (χ3v) is 6.75. The summed E-state index contributed by atoms with van der Waals surface area (Å²) in [6.07, 6.45) is 0. The molecule has 0 bridgehead atoms. The molecule has 0 spiro atoms. The number of halogens is 1. The van der Waals surface area contributed by atoms with Crippen LogP contribution in [0.2, 0.25) is 0 Å². The summed E-state index contributed by atoms with van der Waals surface area (Å²) in [5, 5.41) is 9.57. The van der Waals surface area contributed by atoms with Crippen LogP contribution in [0.25, 0.3) is 10.2 Å². The summed E-state index contributed by atoms with van der Waals surface area (Å²) < 4.78 is 26.3. The molecule has 9 nitrogen and oxygen atoms in total. The first kappa shape index (κ1) is 26.8. The van der Waals surface area contributed by atoms with E-state index in [-0.39, 0.29) is 26.4 Å². The molecule has 0 N–H and O–H groups in total. The molecule has 2 heterocycles. The van der Waals surface area contributed by atoms with Crippen LogP contribution in [0.5, 0.6) is 5.75 Å². The molecule has 3 rings (SSSR count). The number of Topliss-reactive ketones (excluding diaryl/α,β-unsaturated/α-hetero) is 1. The number of hydrogen-bond acceptors (Lipinski definition) is 8. The first-order valence-electron chi connectivity index (χ1n) is 10.9. The lowest BCUT2D eigenvalue weighted by atomic mass is 10.0. The predicted molar refractivity (Wildman–Crippen MR) is 132 cm³/mol. The van der Waals surface area contributed by atoms with Crippen LogP contribution in [0.15, 0.2) is 27.8 Å². The van der Waals surface area contributed by atoms with Crippen LogP contribution < -0.4 is 16.0 Å². The molecule has 0 saturated heterocycles. The number of fused-ring (bicyclic) bond motifs is 1. The number of nitriles is 1. The van der Waals surface area contributed by atoms with Crippen molar-refractivity contribution in [2.24, 2.45) is 0 Å². The van der Waals surface area contributed by atoms with Gasteiger partial charge in [0.2, 0.25) is 0 Å². The number of thiophene rings is 1. The zero-order valence-electron chi connectivity index (χ0n) is 21.0. The van der Waals surface area contributed by atoms with Crippen LogP contribution >= 0.6 is 11.3 Å². The summed E-state index contributed by atoms with van der Waals surface area (Å²) in [6.45, 7) is 8.64. The average Bonchev–Trinajstić information content (AvgIpc) is 3.11. The maximum Gasteiger partial charge on any atom is 0.333 e. The summed E-state index contributed by atoms with van der Waals surface area (Å²) in [4.78, 5) is 53.8. The topological polar surface area (TPSA) is 120 Å². The third kappa shape index (κ3) is 4.68. The second-order valence-electron chi connectivity index (χ2n) is 9.69. The van der Waals surface area contributed by atoms with Gasteiger partial charge in [0.05, 0.1) is 24.6 Å². The van der Waals surface area contributed by atoms with Gasteiger partial charge in [0.15, 0.2) is 5.78 Å². The number of hydrogen-bond donors (Lipinski definition) is 0. The van der Waals surface area contributed by atoms with Crippen LogP contribution in [0.4, 0.5) is 4.39 Å². The number of rotatable bonds is 6. The van der Waals surface area contributed by atoms with Crippen molar-refractivity contribution in [2.45, 2.75) is 59.2 Å². The molecular weight excluding hydrogens is 489 g/mol. The van der Waals surface area contributed by atoms with E-state index in [2.05, 4.69) is 0 Å². The number of ketones is 1. The Hall–Kier alpha value is -3.78. The molecule has 0 saturated carbocycles. The Morgan fingerprint density at radius 3 is 2.36 bits per heavy atom. The van der Waals surface area contributed by atoms with Gasteiger partial charge in [-0.3, -0.25) is 14.2 Å². The van der Waals surface area contributed by atoms with E-state index in [0.717, 1.165) is 32.6 Å². The molecule has 1 aromatic carbocycles. The number of esters is 1. The highest BCUT2D eigenvalue weighted by molar-refractivity contribution is 7.19. The highest BCUT2D eigenvalue weighted by Gasteiger charge is 2.39. The Balaban J connectivity index is 2.33. The van der Waals surface area contributed by atoms with Gasteiger partial charge < -0.3 is 9.47 Å². The number of benzene rings is 1. The fourth-order valence-corrected chi connectivity index (χ4v) is 4.80. The van der Waals surface area contributed by atoms with Crippen molar-refractivity contribution in [3.8, 4) is 11.8 Å². The van der Waals surface area contributed by atoms with Crippen molar-refractivity contribution in [1.82, 2.24) is 9.13 Å². The molecular formula is C25H26FN3O6S. The molecule has 0 aliphatic rings. The van der Waals surface area contributed by atoms with Crippen LogP contribution in [-0.2, 0) is 21.6 Å². The van der Waals surface area contributed by atoms with Gasteiger partial charge in [0, 0.05) is 0 Å². The minimum Gasteiger partial charge on any atom is -0.496 e. The van der Waals surface area contributed by atoms with Gasteiger partial charge in [-0.1, -0.05) is 0 Å². The molecule has 11 heteroatoms. The monoisotopic (exact) mass is 515 g/mol.